The quantitative estimate of drug-likeness (QED) is 0.361. The van der Waals surface area contributed by atoms with E-state index in [4.69, 9.17) is 0 Å². The molecule has 0 bridgehead atoms. The molecule has 0 fully saturated rings. The number of rotatable bonds is 8. The first-order valence-electron chi connectivity index (χ1n) is 5.87. The van der Waals surface area contributed by atoms with Crippen molar-refractivity contribution in [3.63, 3.8) is 0 Å². The molecule has 0 amide bonds. The Kier molecular flexibility index (Phi) is 18.3. The molecule has 0 aliphatic carbocycles. The zero-order valence-corrected chi connectivity index (χ0v) is 11.2. The fourth-order valence-electron chi connectivity index (χ4n) is 0.800. The maximum Gasteiger partial charge on any atom is 0.0194 e. The van der Waals surface area contributed by atoms with E-state index in [9.17, 15) is 0 Å². The highest BCUT2D eigenvalue weighted by Gasteiger charge is 1.95. The zero-order valence-electron chi connectivity index (χ0n) is 10.3. The summed E-state index contributed by atoms with van der Waals surface area (Å²) in [6, 6.07) is 0. The van der Waals surface area contributed by atoms with E-state index in [0.717, 1.165) is 13.0 Å². The summed E-state index contributed by atoms with van der Waals surface area (Å²) in [7, 11) is 0. The maximum atomic E-state index is 4.30. The molecule has 0 aliphatic rings. The summed E-state index contributed by atoms with van der Waals surface area (Å²) < 4.78 is 0. The summed E-state index contributed by atoms with van der Waals surface area (Å²) in [6.07, 6.45) is 9.74. The van der Waals surface area contributed by atoms with Gasteiger partial charge in [-0.25, -0.2) is 0 Å². The third-order valence-corrected chi connectivity index (χ3v) is 2.46. The van der Waals surface area contributed by atoms with E-state index in [2.05, 4.69) is 45.0 Å². The SMILES string of the molecule is C=CNCCCCC(S)C=C.CCCC. The van der Waals surface area contributed by atoms with Gasteiger partial charge in [0.1, 0.15) is 0 Å². The lowest BCUT2D eigenvalue weighted by atomic mass is 10.2. The minimum Gasteiger partial charge on any atom is -0.391 e. The molecule has 0 rings (SSSR count). The van der Waals surface area contributed by atoms with Gasteiger partial charge >= 0.3 is 0 Å². The molecule has 1 nitrogen and oxygen atoms in total. The van der Waals surface area contributed by atoms with Crippen molar-refractivity contribution in [2.75, 3.05) is 6.54 Å². The lowest BCUT2D eigenvalue weighted by Gasteiger charge is -2.03. The fraction of sp³-hybridized carbons (Fsp3) is 0.692. The van der Waals surface area contributed by atoms with Gasteiger partial charge in [0.15, 0.2) is 0 Å². The van der Waals surface area contributed by atoms with Crippen LogP contribution in [0.15, 0.2) is 25.4 Å². The predicted octanol–water partition coefficient (Wildman–Crippen LogP) is 4.18. The second kappa shape index (κ2) is 16.1. The third-order valence-electron chi connectivity index (χ3n) is 1.99. The summed E-state index contributed by atoms with van der Waals surface area (Å²) in [6.45, 7) is 12.6. The molecular formula is C13H27NS. The molecule has 0 aromatic carbocycles. The molecule has 1 N–H and O–H groups in total. The Balaban J connectivity index is 0. The van der Waals surface area contributed by atoms with Crippen LogP contribution in [-0.4, -0.2) is 11.8 Å². The fourth-order valence-corrected chi connectivity index (χ4v) is 0.983. The predicted molar refractivity (Wildman–Crippen MR) is 75.6 cm³/mol. The standard InChI is InChI=1S/C9H17NS.C4H10/c1-3-9(11)7-5-6-8-10-4-2;1-3-4-2/h3-4,9-11H,1-2,5-8H2;3-4H2,1-2H3. The smallest absolute Gasteiger partial charge is 0.0194 e. The summed E-state index contributed by atoms with van der Waals surface area (Å²) in [5.41, 5.74) is 0. The largest absolute Gasteiger partial charge is 0.391 e. The zero-order chi connectivity index (χ0) is 11.9. The van der Waals surface area contributed by atoms with E-state index in [0.29, 0.717) is 5.25 Å². The highest BCUT2D eigenvalue weighted by atomic mass is 32.1. The minimum atomic E-state index is 0.360. The van der Waals surface area contributed by atoms with Crippen LogP contribution in [0.3, 0.4) is 0 Å². The van der Waals surface area contributed by atoms with Crippen molar-refractivity contribution in [2.24, 2.45) is 0 Å². The van der Waals surface area contributed by atoms with Crippen molar-refractivity contribution in [3.05, 3.63) is 25.4 Å². The van der Waals surface area contributed by atoms with E-state index in [1.165, 1.54) is 25.7 Å². The van der Waals surface area contributed by atoms with E-state index in [1.807, 2.05) is 6.08 Å². The Morgan fingerprint density at radius 2 is 1.80 bits per heavy atom. The first kappa shape index (κ1) is 17.0. The Labute approximate surface area is 101 Å². The summed E-state index contributed by atoms with van der Waals surface area (Å²) >= 11 is 4.30. The van der Waals surface area contributed by atoms with Crippen LogP contribution in [0.2, 0.25) is 0 Å². The normalized spacial score (nSPS) is 10.9. The Morgan fingerprint density at radius 1 is 1.20 bits per heavy atom. The van der Waals surface area contributed by atoms with Crippen LogP contribution in [-0.2, 0) is 0 Å². The van der Waals surface area contributed by atoms with Gasteiger partial charge in [-0.1, -0.05) is 45.8 Å². The molecule has 0 aromatic rings. The molecule has 1 unspecified atom stereocenters. The van der Waals surface area contributed by atoms with Gasteiger partial charge in [0.05, 0.1) is 0 Å². The molecule has 1 atom stereocenters. The van der Waals surface area contributed by atoms with Crippen molar-refractivity contribution < 1.29 is 0 Å². The Bertz CT molecular complexity index is 132. The first-order valence-corrected chi connectivity index (χ1v) is 6.39. The molecule has 0 radical (unpaired) electrons. The number of nitrogens with one attached hydrogen (secondary N) is 1. The van der Waals surface area contributed by atoms with Crippen molar-refractivity contribution in [3.8, 4) is 0 Å². The molecule has 2 heteroatoms. The van der Waals surface area contributed by atoms with Gasteiger partial charge in [0, 0.05) is 11.8 Å². The van der Waals surface area contributed by atoms with Crippen LogP contribution in [0.1, 0.15) is 46.0 Å². The second-order valence-electron chi connectivity index (χ2n) is 3.46. The van der Waals surface area contributed by atoms with E-state index < -0.39 is 0 Å². The Morgan fingerprint density at radius 3 is 2.20 bits per heavy atom. The van der Waals surface area contributed by atoms with Gasteiger partial charge in [-0.2, -0.15) is 12.6 Å². The summed E-state index contributed by atoms with van der Waals surface area (Å²) in [5, 5.41) is 3.41. The average molecular weight is 229 g/mol. The van der Waals surface area contributed by atoms with E-state index >= 15 is 0 Å². The molecule has 0 heterocycles. The first-order chi connectivity index (χ1) is 7.22. The van der Waals surface area contributed by atoms with Gasteiger partial charge in [-0.3, -0.25) is 0 Å². The lowest BCUT2D eigenvalue weighted by Crippen LogP contribution is -2.06. The highest BCUT2D eigenvalue weighted by molar-refractivity contribution is 7.81. The van der Waals surface area contributed by atoms with E-state index in [-0.39, 0.29) is 0 Å². The van der Waals surface area contributed by atoms with Gasteiger partial charge in [0.2, 0.25) is 0 Å². The van der Waals surface area contributed by atoms with Crippen LogP contribution in [0, 0.1) is 0 Å². The molecule has 0 aromatic heterocycles. The van der Waals surface area contributed by atoms with Crippen LogP contribution >= 0.6 is 12.6 Å². The molecule has 90 valence electrons. The van der Waals surface area contributed by atoms with Crippen LogP contribution in [0.5, 0.6) is 0 Å². The van der Waals surface area contributed by atoms with Crippen molar-refractivity contribution in [1.29, 1.82) is 0 Å². The number of thiol groups is 1. The van der Waals surface area contributed by atoms with Gasteiger partial charge in [-0.05, 0) is 19.0 Å². The maximum absolute atomic E-state index is 4.30. The third kappa shape index (κ3) is 19.9. The van der Waals surface area contributed by atoms with Crippen LogP contribution < -0.4 is 5.32 Å². The summed E-state index contributed by atoms with van der Waals surface area (Å²) in [4.78, 5) is 0. The van der Waals surface area contributed by atoms with Crippen molar-refractivity contribution in [2.45, 2.75) is 51.2 Å². The van der Waals surface area contributed by atoms with Crippen LogP contribution in [0.25, 0.3) is 0 Å². The van der Waals surface area contributed by atoms with Gasteiger partial charge in [-0.15, -0.1) is 6.58 Å². The molecule has 0 aliphatic heterocycles. The Hall–Kier alpha value is -0.370. The van der Waals surface area contributed by atoms with Crippen molar-refractivity contribution >= 4 is 12.6 Å². The van der Waals surface area contributed by atoms with E-state index in [1.54, 1.807) is 6.20 Å². The topological polar surface area (TPSA) is 12.0 Å². The lowest BCUT2D eigenvalue weighted by molar-refractivity contribution is 0.668. The monoisotopic (exact) mass is 229 g/mol. The van der Waals surface area contributed by atoms with Gasteiger partial charge in [0.25, 0.3) is 0 Å². The molecule has 0 spiro atoms. The van der Waals surface area contributed by atoms with Crippen LogP contribution in [0.4, 0.5) is 0 Å². The highest BCUT2D eigenvalue weighted by Crippen LogP contribution is 2.06. The summed E-state index contributed by atoms with van der Waals surface area (Å²) in [5.74, 6) is 0. The van der Waals surface area contributed by atoms with Crippen molar-refractivity contribution in [1.82, 2.24) is 5.32 Å². The number of unbranched alkanes of at least 4 members (excludes halogenated alkanes) is 2. The second-order valence-corrected chi connectivity index (χ2v) is 4.12. The molecular weight excluding hydrogens is 202 g/mol. The molecule has 0 saturated heterocycles. The molecule has 0 saturated carbocycles. The minimum absolute atomic E-state index is 0.360. The number of hydrogen-bond donors (Lipinski definition) is 2. The average Bonchev–Trinajstić information content (AvgIpc) is 2.28. The molecule has 15 heavy (non-hydrogen) atoms. The number of hydrogen-bond acceptors (Lipinski definition) is 2. The van der Waals surface area contributed by atoms with Gasteiger partial charge < -0.3 is 5.32 Å².